The number of oxime groups is 1. The van der Waals surface area contributed by atoms with Crippen LogP contribution in [-0.2, 0) is 18.1 Å². The summed E-state index contributed by atoms with van der Waals surface area (Å²) in [5.74, 6) is 1.11. The van der Waals surface area contributed by atoms with Gasteiger partial charge in [0, 0.05) is 27.2 Å². The first-order chi connectivity index (χ1) is 15.0. The maximum atomic E-state index is 10.8. The second kappa shape index (κ2) is 10.8. The van der Waals surface area contributed by atoms with Gasteiger partial charge in [0.1, 0.15) is 13.2 Å². The van der Waals surface area contributed by atoms with E-state index in [0.29, 0.717) is 28.7 Å². The van der Waals surface area contributed by atoms with E-state index in [-0.39, 0.29) is 12.3 Å². The second-order valence-electron chi connectivity index (χ2n) is 6.37. The molecule has 0 heterocycles. The highest BCUT2D eigenvalue weighted by atomic mass is 79.9. The lowest BCUT2D eigenvalue weighted by Gasteiger charge is -2.13. The fourth-order valence-electron chi connectivity index (χ4n) is 2.63. The first-order valence-electron chi connectivity index (χ1n) is 9.09. The van der Waals surface area contributed by atoms with Crippen molar-refractivity contribution < 1.29 is 19.2 Å². The van der Waals surface area contributed by atoms with Crippen molar-refractivity contribution in [3.63, 3.8) is 0 Å². The minimum absolute atomic E-state index is 0.00625. The van der Waals surface area contributed by atoms with Crippen molar-refractivity contribution in [2.75, 3.05) is 7.11 Å². The molecule has 3 rings (SSSR count). The van der Waals surface area contributed by atoms with Gasteiger partial charge in [0.05, 0.1) is 18.2 Å². The molecule has 0 fully saturated rings. The van der Waals surface area contributed by atoms with Crippen LogP contribution in [0.1, 0.15) is 16.7 Å². The summed E-state index contributed by atoms with van der Waals surface area (Å²) in [6.45, 7) is 0.467. The van der Waals surface area contributed by atoms with Crippen molar-refractivity contribution in [3.05, 3.63) is 97.0 Å². The Morgan fingerprint density at radius 2 is 1.84 bits per heavy atom. The van der Waals surface area contributed by atoms with Crippen LogP contribution < -0.4 is 9.47 Å². The minimum atomic E-state index is -0.452. The maximum absolute atomic E-state index is 10.8. The van der Waals surface area contributed by atoms with Crippen LogP contribution in [0.25, 0.3) is 0 Å². The van der Waals surface area contributed by atoms with E-state index in [9.17, 15) is 10.1 Å². The molecule has 0 spiro atoms. The molecule has 0 aromatic heterocycles. The van der Waals surface area contributed by atoms with Crippen LogP contribution in [0.5, 0.6) is 11.5 Å². The zero-order chi connectivity index (χ0) is 22.2. The van der Waals surface area contributed by atoms with E-state index in [4.69, 9.17) is 25.9 Å². The van der Waals surface area contributed by atoms with Gasteiger partial charge in [0.15, 0.2) is 11.5 Å². The van der Waals surface area contributed by atoms with Gasteiger partial charge >= 0.3 is 0 Å². The highest BCUT2D eigenvalue weighted by Gasteiger charge is 2.10. The predicted octanol–water partition coefficient (Wildman–Crippen LogP) is 6.15. The molecule has 0 atom stereocenters. The van der Waals surface area contributed by atoms with Gasteiger partial charge in [-0.2, -0.15) is 0 Å². The normalized spacial score (nSPS) is 10.8. The van der Waals surface area contributed by atoms with E-state index in [1.807, 2.05) is 12.1 Å². The third-order valence-electron chi connectivity index (χ3n) is 4.21. The number of halogens is 2. The molecule has 7 nitrogen and oxygen atoms in total. The SMILES string of the molecule is COc1cc(/C=N\OCc2cccc([N+](=O)[O-])c2)c(Br)cc1OCc1ccc(Cl)cc1. The topological polar surface area (TPSA) is 83.2 Å². The summed E-state index contributed by atoms with van der Waals surface area (Å²) < 4.78 is 12.0. The van der Waals surface area contributed by atoms with Crippen LogP contribution in [-0.4, -0.2) is 18.2 Å². The predicted molar refractivity (Wildman–Crippen MR) is 122 cm³/mol. The van der Waals surface area contributed by atoms with E-state index >= 15 is 0 Å². The Morgan fingerprint density at radius 3 is 2.55 bits per heavy atom. The van der Waals surface area contributed by atoms with Crippen LogP contribution in [0.4, 0.5) is 5.69 Å². The molecule has 0 saturated carbocycles. The van der Waals surface area contributed by atoms with E-state index in [0.717, 1.165) is 15.6 Å². The van der Waals surface area contributed by atoms with Crippen molar-refractivity contribution in [3.8, 4) is 11.5 Å². The van der Waals surface area contributed by atoms with Gasteiger partial charge in [0.25, 0.3) is 5.69 Å². The van der Waals surface area contributed by atoms with Crippen molar-refractivity contribution in [1.29, 1.82) is 0 Å². The van der Waals surface area contributed by atoms with Crippen LogP contribution in [0.2, 0.25) is 5.02 Å². The van der Waals surface area contributed by atoms with Gasteiger partial charge in [-0.05, 0) is 51.3 Å². The molecule has 0 N–H and O–H groups in total. The lowest BCUT2D eigenvalue weighted by molar-refractivity contribution is -0.384. The third kappa shape index (κ3) is 6.44. The van der Waals surface area contributed by atoms with E-state index in [1.54, 1.807) is 43.5 Å². The number of non-ortho nitro benzene ring substituents is 1. The Morgan fingerprint density at radius 1 is 1.06 bits per heavy atom. The monoisotopic (exact) mass is 504 g/mol. The summed E-state index contributed by atoms with van der Waals surface area (Å²) >= 11 is 9.40. The highest BCUT2D eigenvalue weighted by molar-refractivity contribution is 9.10. The number of hydrogen-bond donors (Lipinski definition) is 0. The zero-order valence-corrected chi connectivity index (χ0v) is 18.8. The molecule has 3 aromatic rings. The molecule has 0 unspecified atom stereocenters. The van der Waals surface area contributed by atoms with E-state index in [1.165, 1.54) is 18.3 Å². The molecule has 0 saturated heterocycles. The molecule has 31 heavy (non-hydrogen) atoms. The number of nitro groups is 1. The standard InChI is InChI=1S/C22H18BrClN2O5/c1-29-21-10-17(12-25-31-14-16-3-2-4-19(9-16)26(27)28)20(23)11-22(21)30-13-15-5-7-18(24)8-6-15/h2-12H,13-14H2,1H3/b25-12-. The molecule has 3 aromatic carbocycles. The third-order valence-corrected chi connectivity index (χ3v) is 5.15. The van der Waals surface area contributed by atoms with Gasteiger partial charge in [-0.1, -0.05) is 41.0 Å². The van der Waals surface area contributed by atoms with E-state index in [2.05, 4.69) is 21.1 Å². The van der Waals surface area contributed by atoms with Gasteiger partial charge in [-0.3, -0.25) is 10.1 Å². The molecule has 0 amide bonds. The first-order valence-corrected chi connectivity index (χ1v) is 10.3. The smallest absolute Gasteiger partial charge is 0.269 e. The summed E-state index contributed by atoms with van der Waals surface area (Å²) in [6, 6.07) is 17.2. The minimum Gasteiger partial charge on any atom is -0.493 e. The second-order valence-corrected chi connectivity index (χ2v) is 7.67. The van der Waals surface area contributed by atoms with Crippen molar-refractivity contribution in [1.82, 2.24) is 0 Å². The molecule has 0 aliphatic carbocycles. The number of ether oxygens (including phenoxy) is 2. The lowest BCUT2D eigenvalue weighted by Crippen LogP contribution is -1.99. The summed E-state index contributed by atoms with van der Waals surface area (Å²) in [6.07, 6.45) is 1.52. The number of hydrogen-bond acceptors (Lipinski definition) is 6. The fourth-order valence-corrected chi connectivity index (χ4v) is 3.18. The fraction of sp³-hybridized carbons (Fsp3) is 0.136. The number of benzene rings is 3. The summed E-state index contributed by atoms with van der Waals surface area (Å²) in [5.41, 5.74) is 2.35. The lowest BCUT2D eigenvalue weighted by atomic mass is 10.2. The molecular weight excluding hydrogens is 488 g/mol. The first kappa shape index (κ1) is 22.6. The Labute approximate surface area is 192 Å². The van der Waals surface area contributed by atoms with Crippen LogP contribution >= 0.6 is 27.5 Å². The molecule has 0 bridgehead atoms. The van der Waals surface area contributed by atoms with Gasteiger partial charge in [0.2, 0.25) is 0 Å². The van der Waals surface area contributed by atoms with Gasteiger partial charge in [-0.15, -0.1) is 0 Å². The number of methoxy groups -OCH3 is 1. The Bertz CT molecular complexity index is 1090. The summed E-state index contributed by atoms with van der Waals surface area (Å²) in [4.78, 5) is 15.7. The van der Waals surface area contributed by atoms with Crippen LogP contribution in [0.3, 0.4) is 0 Å². The van der Waals surface area contributed by atoms with Crippen molar-refractivity contribution >= 4 is 39.4 Å². The van der Waals surface area contributed by atoms with Gasteiger partial charge in [-0.25, -0.2) is 0 Å². The quantitative estimate of drug-likeness (QED) is 0.198. The number of nitro benzene ring substituents is 1. The van der Waals surface area contributed by atoms with Gasteiger partial charge < -0.3 is 14.3 Å². The van der Waals surface area contributed by atoms with E-state index < -0.39 is 4.92 Å². The average molecular weight is 506 g/mol. The summed E-state index contributed by atoms with van der Waals surface area (Å²) in [5, 5.41) is 15.4. The Hall–Kier alpha value is -3.10. The molecule has 9 heteroatoms. The van der Waals surface area contributed by atoms with Crippen molar-refractivity contribution in [2.45, 2.75) is 13.2 Å². The Kier molecular flexibility index (Phi) is 7.86. The highest BCUT2D eigenvalue weighted by Crippen LogP contribution is 2.33. The largest absolute Gasteiger partial charge is 0.493 e. The number of rotatable bonds is 9. The molecule has 0 radical (unpaired) electrons. The Balaban J connectivity index is 1.64. The van der Waals surface area contributed by atoms with Crippen LogP contribution in [0.15, 0.2) is 70.3 Å². The molecule has 0 aliphatic heterocycles. The van der Waals surface area contributed by atoms with Crippen molar-refractivity contribution in [2.24, 2.45) is 5.16 Å². The zero-order valence-electron chi connectivity index (χ0n) is 16.5. The molecule has 0 aliphatic rings. The molecular formula is C22H18BrClN2O5. The molecule has 160 valence electrons. The average Bonchev–Trinajstić information content (AvgIpc) is 2.77. The number of nitrogens with zero attached hydrogens (tertiary/aromatic N) is 2. The van der Waals surface area contributed by atoms with Crippen LogP contribution in [0, 0.1) is 10.1 Å². The summed E-state index contributed by atoms with van der Waals surface area (Å²) in [7, 11) is 1.55. The maximum Gasteiger partial charge on any atom is 0.269 e.